The second-order valence-electron chi connectivity index (χ2n) is 5.30. The average Bonchev–Trinajstić information content (AvgIpc) is 3.10. The van der Waals surface area contributed by atoms with Gasteiger partial charge in [0.05, 0.1) is 12.1 Å². The molecule has 0 fully saturated rings. The number of methoxy groups -OCH3 is 1. The van der Waals surface area contributed by atoms with Crippen LogP contribution < -0.4 is 15.2 Å². The summed E-state index contributed by atoms with van der Waals surface area (Å²) >= 11 is 7.83. The lowest BCUT2D eigenvalue weighted by Gasteiger charge is -2.18. The molecule has 0 aliphatic rings. The van der Waals surface area contributed by atoms with Crippen molar-refractivity contribution in [2.45, 2.75) is 6.42 Å². The van der Waals surface area contributed by atoms with Gasteiger partial charge in [0.25, 0.3) is 11.8 Å². The lowest BCUT2D eigenvalue weighted by Crippen LogP contribution is -2.28. The predicted molar refractivity (Wildman–Crippen MR) is 97.7 cm³/mol. The van der Waals surface area contributed by atoms with Crippen LogP contribution in [-0.4, -0.2) is 44.0 Å². The number of halogens is 1. The zero-order chi connectivity index (χ0) is 18.4. The van der Waals surface area contributed by atoms with E-state index >= 15 is 0 Å². The Morgan fingerprint density at radius 3 is 2.72 bits per heavy atom. The summed E-state index contributed by atoms with van der Waals surface area (Å²) in [7, 11) is 3.16. The van der Waals surface area contributed by atoms with Gasteiger partial charge in [0, 0.05) is 24.0 Å². The van der Waals surface area contributed by atoms with Crippen LogP contribution in [0.1, 0.15) is 15.2 Å². The summed E-state index contributed by atoms with van der Waals surface area (Å²) in [6, 6.07) is 7.04. The van der Waals surface area contributed by atoms with Crippen molar-refractivity contribution >= 4 is 34.8 Å². The second kappa shape index (κ2) is 8.73. The minimum atomic E-state index is -0.633. The van der Waals surface area contributed by atoms with E-state index in [1.54, 1.807) is 23.3 Å². The van der Waals surface area contributed by atoms with Crippen molar-refractivity contribution < 1.29 is 19.1 Å². The van der Waals surface area contributed by atoms with E-state index in [1.165, 1.54) is 24.1 Å². The Hall–Kier alpha value is -2.25. The Morgan fingerprint density at radius 1 is 1.36 bits per heavy atom. The Labute approximate surface area is 155 Å². The maximum atomic E-state index is 12.6. The van der Waals surface area contributed by atoms with Gasteiger partial charge in [-0.1, -0.05) is 17.7 Å². The van der Waals surface area contributed by atoms with E-state index in [4.69, 9.17) is 26.8 Å². The summed E-state index contributed by atoms with van der Waals surface area (Å²) < 4.78 is 10.5. The maximum absolute atomic E-state index is 12.6. The number of benzene rings is 1. The molecule has 0 saturated carbocycles. The topological polar surface area (TPSA) is 81.9 Å². The monoisotopic (exact) mass is 382 g/mol. The van der Waals surface area contributed by atoms with Gasteiger partial charge in [-0.25, -0.2) is 0 Å². The van der Waals surface area contributed by atoms with E-state index in [0.29, 0.717) is 12.1 Å². The number of carbonyl (C=O) groups excluding carboxylic acids is 2. The van der Waals surface area contributed by atoms with Gasteiger partial charge in [-0.15, -0.1) is 11.3 Å². The molecule has 6 nitrogen and oxygen atoms in total. The van der Waals surface area contributed by atoms with Crippen molar-refractivity contribution in [3.05, 3.63) is 45.1 Å². The number of nitrogens with zero attached hydrogens (tertiary/aromatic N) is 1. The molecule has 1 aromatic carbocycles. The molecule has 0 saturated heterocycles. The fourth-order valence-electron chi connectivity index (χ4n) is 2.18. The van der Waals surface area contributed by atoms with Gasteiger partial charge in [0.15, 0.2) is 18.1 Å². The molecule has 2 amide bonds. The first kappa shape index (κ1) is 19.1. The Morgan fingerprint density at radius 2 is 2.12 bits per heavy atom. The fraction of sp³-hybridized carbons (Fsp3) is 0.294. The van der Waals surface area contributed by atoms with Crippen LogP contribution in [0.4, 0.5) is 0 Å². The minimum absolute atomic E-state index is 0.176. The predicted octanol–water partition coefficient (Wildman–Crippen LogP) is 2.59. The quantitative estimate of drug-likeness (QED) is 0.760. The van der Waals surface area contributed by atoms with Gasteiger partial charge < -0.3 is 20.1 Å². The third kappa shape index (κ3) is 5.11. The molecule has 0 spiro atoms. The highest BCUT2D eigenvalue weighted by molar-refractivity contribution is 7.09. The first-order valence-corrected chi connectivity index (χ1v) is 8.74. The number of ether oxygens (including phenoxy) is 2. The molecule has 2 rings (SSSR count). The van der Waals surface area contributed by atoms with Crippen molar-refractivity contribution in [3.8, 4) is 11.5 Å². The number of hydrogen-bond donors (Lipinski definition) is 1. The highest BCUT2D eigenvalue weighted by Gasteiger charge is 2.19. The van der Waals surface area contributed by atoms with Crippen LogP contribution in [0.5, 0.6) is 11.5 Å². The number of nitrogens with two attached hydrogens (primary N) is 1. The molecule has 0 atom stereocenters. The average molecular weight is 383 g/mol. The van der Waals surface area contributed by atoms with Crippen molar-refractivity contribution in [2.24, 2.45) is 5.73 Å². The summed E-state index contributed by atoms with van der Waals surface area (Å²) in [6.07, 6.45) is 0.782. The Balaban J connectivity index is 2.13. The van der Waals surface area contributed by atoms with E-state index in [1.807, 2.05) is 17.5 Å². The van der Waals surface area contributed by atoms with Crippen LogP contribution in [-0.2, 0) is 11.2 Å². The van der Waals surface area contributed by atoms with Crippen LogP contribution in [0.3, 0.4) is 0 Å². The van der Waals surface area contributed by atoms with Crippen molar-refractivity contribution in [1.82, 2.24) is 4.90 Å². The van der Waals surface area contributed by atoms with Crippen LogP contribution >= 0.6 is 22.9 Å². The number of likely N-dealkylation sites (N-methyl/N-ethyl adjacent to an activating group) is 1. The lowest BCUT2D eigenvalue weighted by molar-refractivity contribution is -0.119. The molecule has 2 N–H and O–H groups in total. The number of carbonyl (C=O) groups is 2. The molecule has 2 aromatic rings. The second-order valence-corrected chi connectivity index (χ2v) is 6.74. The Kier molecular flexibility index (Phi) is 6.66. The van der Waals surface area contributed by atoms with Gasteiger partial charge in [0.2, 0.25) is 0 Å². The fourth-order valence-corrected chi connectivity index (χ4v) is 3.14. The molecule has 1 heterocycles. The Bertz CT molecular complexity index is 749. The van der Waals surface area contributed by atoms with E-state index in [0.717, 1.165) is 6.42 Å². The summed E-state index contributed by atoms with van der Waals surface area (Å²) in [5.41, 5.74) is 5.44. The van der Waals surface area contributed by atoms with Crippen LogP contribution in [0.25, 0.3) is 0 Å². The zero-order valence-corrected chi connectivity index (χ0v) is 15.5. The summed E-state index contributed by atoms with van der Waals surface area (Å²) in [5, 5.41) is 2.18. The molecule has 1 aromatic heterocycles. The smallest absolute Gasteiger partial charge is 0.255 e. The van der Waals surface area contributed by atoms with E-state index in [2.05, 4.69) is 0 Å². The highest BCUT2D eigenvalue weighted by atomic mass is 35.5. The van der Waals surface area contributed by atoms with Crippen LogP contribution in [0.15, 0.2) is 29.6 Å². The summed E-state index contributed by atoms with van der Waals surface area (Å²) in [5.74, 6) is -0.366. The highest BCUT2D eigenvalue weighted by Crippen LogP contribution is 2.36. The number of primary amides is 1. The first-order valence-electron chi connectivity index (χ1n) is 7.49. The number of hydrogen-bond acceptors (Lipinski definition) is 5. The minimum Gasteiger partial charge on any atom is -0.493 e. The van der Waals surface area contributed by atoms with Gasteiger partial charge in [0.1, 0.15) is 0 Å². The van der Waals surface area contributed by atoms with Crippen LogP contribution in [0, 0.1) is 0 Å². The zero-order valence-electron chi connectivity index (χ0n) is 14.0. The normalized spacial score (nSPS) is 10.4. The number of amides is 2. The van der Waals surface area contributed by atoms with Crippen molar-refractivity contribution in [1.29, 1.82) is 0 Å². The van der Waals surface area contributed by atoms with E-state index < -0.39 is 5.91 Å². The third-order valence-electron chi connectivity index (χ3n) is 3.46. The molecule has 0 bridgehead atoms. The van der Waals surface area contributed by atoms with E-state index in [9.17, 15) is 9.59 Å². The molecule has 0 aliphatic heterocycles. The van der Waals surface area contributed by atoms with Gasteiger partial charge in [-0.3, -0.25) is 9.59 Å². The molecule has 0 radical (unpaired) electrons. The molecule has 25 heavy (non-hydrogen) atoms. The molecular weight excluding hydrogens is 364 g/mol. The molecule has 8 heteroatoms. The maximum Gasteiger partial charge on any atom is 0.255 e. The largest absolute Gasteiger partial charge is 0.493 e. The van der Waals surface area contributed by atoms with Crippen molar-refractivity contribution in [2.75, 3.05) is 27.3 Å². The van der Waals surface area contributed by atoms with Gasteiger partial charge in [-0.2, -0.15) is 0 Å². The summed E-state index contributed by atoms with van der Waals surface area (Å²) in [4.78, 5) is 26.3. The third-order valence-corrected chi connectivity index (χ3v) is 4.67. The number of rotatable bonds is 8. The van der Waals surface area contributed by atoms with Crippen LogP contribution in [0.2, 0.25) is 5.02 Å². The van der Waals surface area contributed by atoms with Crippen molar-refractivity contribution in [3.63, 3.8) is 0 Å². The molecule has 134 valence electrons. The molecular formula is C17H19ClN2O4S. The molecule has 0 unspecified atom stereocenters. The molecule has 0 aliphatic carbocycles. The van der Waals surface area contributed by atoms with Gasteiger partial charge >= 0.3 is 0 Å². The summed E-state index contributed by atoms with van der Waals surface area (Å²) in [6.45, 7) is 0.253. The van der Waals surface area contributed by atoms with E-state index in [-0.39, 0.29) is 29.0 Å². The lowest BCUT2D eigenvalue weighted by atomic mass is 10.1. The standard InChI is InChI=1S/C17H19ClN2O4S/c1-20(6-5-12-4-3-7-25-12)17(22)11-8-13(18)16(14(9-11)23-2)24-10-15(19)21/h3-4,7-9H,5-6,10H2,1-2H3,(H2,19,21). The number of thiophene rings is 1. The van der Waals surface area contributed by atoms with Gasteiger partial charge in [-0.05, 0) is 30.0 Å². The first-order chi connectivity index (χ1) is 11.9. The SMILES string of the molecule is COc1cc(C(=O)N(C)CCc2cccs2)cc(Cl)c1OCC(N)=O.